The Morgan fingerprint density at radius 1 is 0.935 bits per heavy atom. The third-order valence-electron chi connectivity index (χ3n) is 4.97. The molecule has 3 aromatic rings. The fourth-order valence-electron chi connectivity index (χ4n) is 3.32. The van der Waals surface area contributed by atoms with Crippen LogP contribution in [-0.2, 0) is 9.59 Å². The maximum absolute atomic E-state index is 13.2. The summed E-state index contributed by atoms with van der Waals surface area (Å²) in [6.07, 6.45) is 0.562. The largest absolute Gasteiger partial charge is 0.294 e. The van der Waals surface area contributed by atoms with Gasteiger partial charge in [0.15, 0.2) is 11.6 Å². The van der Waals surface area contributed by atoms with Gasteiger partial charge in [-0.1, -0.05) is 67.4 Å². The van der Waals surface area contributed by atoms with Crippen LogP contribution < -0.4 is 5.01 Å². The predicted octanol–water partition coefficient (Wildman–Crippen LogP) is 5.24. The number of benzene rings is 2. The van der Waals surface area contributed by atoms with E-state index >= 15 is 0 Å². The third-order valence-corrected chi connectivity index (χ3v) is 6.29. The molecule has 0 bridgehead atoms. The molecule has 0 saturated heterocycles. The predicted molar refractivity (Wildman–Crippen MR) is 123 cm³/mol. The molecular weight excluding hydrogens is 432 g/mol. The van der Waals surface area contributed by atoms with Gasteiger partial charge in [-0.25, -0.2) is 5.01 Å². The number of carbonyl (C=O) groups is 2. The quantitative estimate of drug-likeness (QED) is 0.529. The summed E-state index contributed by atoms with van der Waals surface area (Å²) in [7, 11) is 0. The number of hydrogen-bond donors (Lipinski definition) is 0. The average molecular weight is 453 g/mol. The standard InChI is InChI=1S/C23H21ClN4O2S/c1-4-18(29)21-20(15-10-12-17(24)13-11-15)27(19(30)5-2)28-22(25-26-23(28)31-21)16-8-6-14(3)7-9-16/h6-13H,4-5H2,1-3H3. The Hall–Kier alpha value is -2.90. The molecule has 0 spiro atoms. The Labute approximate surface area is 189 Å². The zero-order valence-corrected chi connectivity index (χ0v) is 19.0. The van der Waals surface area contributed by atoms with E-state index in [-0.39, 0.29) is 18.1 Å². The number of rotatable bonds is 5. The van der Waals surface area contributed by atoms with Gasteiger partial charge in [0.2, 0.25) is 11.1 Å². The number of fused-ring (bicyclic) bond motifs is 1. The minimum atomic E-state index is -0.166. The molecule has 2 aromatic carbocycles. The van der Waals surface area contributed by atoms with Crippen LogP contribution in [-0.4, -0.2) is 26.6 Å². The number of Topliss-reactive ketones (excluding diaryl/α,β-unsaturated/α-hetero) is 1. The monoisotopic (exact) mass is 452 g/mol. The zero-order valence-electron chi connectivity index (χ0n) is 17.4. The van der Waals surface area contributed by atoms with E-state index in [0.717, 1.165) is 16.7 Å². The zero-order chi connectivity index (χ0) is 22.1. The molecule has 31 heavy (non-hydrogen) atoms. The van der Waals surface area contributed by atoms with Crippen molar-refractivity contribution in [1.82, 2.24) is 14.9 Å². The van der Waals surface area contributed by atoms with Crippen LogP contribution in [0.15, 0.2) is 58.6 Å². The molecule has 0 radical (unpaired) electrons. The van der Waals surface area contributed by atoms with Gasteiger partial charge in [0.25, 0.3) is 0 Å². The molecule has 4 rings (SSSR count). The Morgan fingerprint density at radius 2 is 1.58 bits per heavy atom. The van der Waals surface area contributed by atoms with Crippen molar-refractivity contribution in [1.29, 1.82) is 0 Å². The Morgan fingerprint density at radius 3 is 2.19 bits per heavy atom. The van der Waals surface area contributed by atoms with Gasteiger partial charge in [0.05, 0.1) is 10.6 Å². The van der Waals surface area contributed by atoms with Crippen molar-refractivity contribution in [3.8, 4) is 11.4 Å². The lowest BCUT2D eigenvalue weighted by Gasteiger charge is -2.33. The van der Waals surface area contributed by atoms with Gasteiger partial charge < -0.3 is 0 Å². The first-order chi connectivity index (χ1) is 14.9. The van der Waals surface area contributed by atoms with Crippen LogP contribution in [0.4, 0.5) is 0 Å². The molecule has 6 nitrogen and oxygen atoms in total. The van der Waals surface area contributed by atoms with Gasteiger partial charge in [0.1, 0.15) is 0 Å². The number of carbonyl (C=O) groups excluding carboxylic acids is 2. The first kappa shape index (κ1) is 21.3. The van der Waals surface area contributed by atoms with Crippen LogP contribution in [0.5, 0.6) is 0 Å². The highest BCUT2D eigenvalue weighted by Gasteiger charge is 2.36. The van der Waals surface area contributed by atoms with E-state index in [0.29, 0.717) is 33.0 Å². The van der Waals surface area contributed by atoms with Crippen molar-refractivity contribution in [2.24, 2.45) is 0 Å². The minimum absolute atomic E-state index is 0.0602. The van der Waals surface area contributed by atoms with Crippen molar-refractivity contribution in [2.45, 2.75) is 38.8 Å². The summed E-state index contributed by atoms with van der Waals surface area (Å²) in [5.41, 5.74) is 3.21. The molecule has 0 saturated carbocycles. The summed E-state index contributed by atoms with van der Waals surface area (Å²) >= 11 is 7.33. The molecule has 0 N–H and O–H groups in total. The van der Waals surface area contributed by atoms with Gasteiger partial charge in [-0.05, 0) is 30.8 Å². The summed E-state index contributed by atoms with van der Waals surface area (Å²) in [5.74, 6) is 0.315. The van der Waals surface area contributed by atoms with Crippen LogP contribution in [0.2, 0.25) is 5.02 Å². The van der Waals surface area contributed by atoms with Crippen molar-refractivity contribution >= 4 is 40.8 Å². The lowest BCUT2D eigenvalue weighted by Crippen LogP contribution is -2.42. The summed E-state index contributed by atoms with van der Waals surface area (Å²) in [4.78, 5) is 26.6. The molecule has 0 fully saturated rings. The number of aromatic nitrogens is 3. The molecule has 1 amide bonds. The van der Waals surface area contributed by atoms with Crippen LogP contribution in [0, 0.1) is 6.92 Å². The average Bonchev–Trinajstić information content (AvgIpc) is 3.21. The van der Waals surface area contributed by atoms with Crippen molar-refractivity contribution in [3.63, 3.8) is 0 Å². The van der Waals surface area contributed by atoms with Gasteiger partial charge in [0, 0.05) is 29.0 Å². The van der Waals surface area contributed by atoms with E-state index in [4.69, 9.17) is 11.6 Å². The fraction of sp³-hybridized carbons (Fsp3) is 0.217. The molecule has 1 aliphatic rings. The van der Waals surface area contributed by atoms with E-state index in [1.54, 1.807) is 30.7 Å². The van der Waals surface area contributed by atoms with Crippen molar-refractivity contribution < 1.29 is 9.59 Å². The second-order valence-electron chi connectivity index (χ2n) is 7.11. The first-order valence-corrected chi connectivity index (χ1v) is 11.2. The van der Waals surface area contributed by atoms with E-state index in [9.17, 15) is 9.59 Å². The molecule has 8 heteroatoms. The topological polar surface area (TPSA) is 68.1 Å². The highest BCUT2D eigenvalue weighted by Crippen LogP contribution is 2.42. The summed E-state index contributed by atoms with van der Waals surface area (Å²) < 4.78 is 1.71. The van der Waals surface area contributed by atoms with Gasteiger partial charge in [-0.15, -0.1) is 10.2 Å². The maximum atomic E-state index is 13.2. The first-order valence-electron chi connectivity index (χ1n) is 10.0. The van der Waals surface area contributed by atoms with Gasteiger partial charge in [-0.2, -0.15) is 4.68 Å². The van der Waals surface area contributed by atoms with E-state index in [2.05, 4.69) is 10.2 Å². The van der Waals surface area contributed by atoms with E-state index in [1.165, 1.54) is 16.8 Å². The van der Waals surface area contributed by atoms with Crippen molar-refractivity contribution in [3.05, 3.63) is 69.6 Å². The number of nitrogens with zero attached hydrogens (tertiary/aromatic N) is 4. The number of allylic oxidation sites excluding steroid dienone is 1. The van der Waals surface area contributed by atoms with E-state index < -0.39 is 0 Å². The van der Waals surface area contributed by atoms with Crippen LogP contribution in [0.3, 0.4) is 0 Å². The number of hydrogen-bond acceptors (Lipinski definition) is 5. The summed E-state index contributed by atoms with van der Waals surface area (Å²) in [6, 6.07) is 15.0. The molecule has 1 aliphatic heterocycles. The molecule has 0 unspecified atom stereocenters. The van der Waals surface area contributed by atoms with Gasteiger partial charge >= 0.3 is 0 Å². The molecule has 1 aromatic heterocycles. The highest BCUT2D eigenvalue weighted by molar-refractivity contribution is 8.04. The number of thioether (sulfide) groups is 1. The van der Waals surface area contributed by atoms with Gasteiger partial charge in [-0.3, -0.25) is 9.59 Å². The lowest BCUT2D eigenvalue weighted by atomic mass is 10.1. The molecule has 0 atom stereocenters. The Balaban J connectivity index is 1.97. The smallest absolute Gasteiger partial charge is 0.246 e. The van der Waals surface area contributed by atoms with Crippen molar-refractivity contribution in [2.75, 3.05) is 5.01 Å². The van der Waals surface area contributed by atoms with E-state index in [1.807, 2.05) is 43.3 Å². The third kappa shape index (κ3) is 3.91. The molecule has 158 valence electrons. The molecule has 0 aliphatic carbocycles. The van der Waals surface area contributed by atoms with Crippen LogP contribution in [0.25, 0.3) is 17.1 Å². The second-order valence-corrected chi connectivity index (χ2v) is 8.52. The summed E-state index contributed by atoms with van der Waals surface area (Å²) in [5, 5.41) is 11.3. The van der Waals surface area contributed by atoms with Crippen LogP contribution >= 0.6 is 23.4 Å². The molecular formula is C23H21ClN4O2S. The molecule has 2 heterocycles. The highest BCUT2D eigenvalue weighted by atomic mass is 35.5. The number of halogens is 1. The Kier molecular flexibility index (Phi) is 5.98. The number of aryl methyl sites for hydroxylation is 1. The summed E-state index contributed by atoms with van der Waals surface area (Å²) in [6.45, 7) is 5.61. The number of amides is 1. The minimum Gasteiger partial charge on any atom is -0.294 e. The van der Waals surface area contributed by atoms with Crippen LogP contribution in [0.1, 0.15) is 37.8 Å². The maximum Gasteiger partial charge on any atom is 0.246 e. The fourth-order valence-corrected chi connectivity index (χ4v) is 4.53. The second kappa shape index (κ2) is 8.69. The SMILES string of the molecule is CCC(=O)C1=C(c2ccc(Cl)cc2)N(C(=O)CC)n2c(nnc2-c2ccc(C)cc2)S1. The number of ketones is 1. The lowest BCUT2D eigenvalue weighted by molar-refractivity contribution is -0.118. The Bertz CT molecular complexity index is 1180. The normalized spacial score (nSPS) is 13.4.